The smallest absolute Gasteiger partial charge is 0.335 e. The first-order valence-electron chi connectivity index (χ1n) is 9.98. The SMILES string of the molecule is COc1ccccc1C1CC(c2c(O)n(-c3ccccc3C)c(=O)[nH]c2=O)=NN1C(C)=O. The van der Waals surface area contributed by atoms with Gasteiger partial charge in [0.15, 0.2) is 0 Å². The van der Waals surface area contributed by atoms with Crippen molar-refractivity contribution in [1.29, 1.82) is 0 Å². The highest BCUT2D eigenvalue weighted by Gasteiger charge is 2.36. The van der Waals surface area contributed by atoms with E-state index in [0.717, 1.165) is 10.1 Å². The van der Waals surface area contributed by atoms with Gasteiger partial charge in [-0.2, -0.15) is 5.10 Å². The maximum Gasteiger partial charge on any atom is 0.335 e. The van der Waals surface area contributed by atoms with Crippen LogP contribution in [0.4, 0.5) is 0 Å². The molecule has 0 spiro atoms. The summed E-state index contributed by atoms with van der Waals surface area (Å²) in [4.78, 5) is 39.9. The number of para-hydroxylation sites is 2. The molecule has 2 aromatic carbocycles. The lowest BCUT2D eigenvalue weighted by atomic mass is 9.98. The van der Waals surface area contributed by atoms with Gasteiger partial charge in [0.25, 0.3) is 5.56 Å². The number of nitrogens with zero attached hydrogens (tertiary/aromatic N) is 3. The van der Waals surface area contributed by atoms with Gasteiger partial charge in [-0.15, -0.1) is 0 Å². The molecule has 1 aliphatic rings. The molecule has 0 bridgehead atoms. The molecule has 2 heterocycles. The van der Waals surface area contributed by atoms with Crippen molar-refractivity contribution in [2.24, 2.45) is 5.10 Å². The van der Waals surface area contributed by atoms with E-state index >= 15 is 0 Å². The van der Waals surface area contributed by atoms with E-state index in [2.05, 4.69) is 10.1 Å². The van der Waals surface area contributed by atoms with E-state index in [0.29, 0.717) is 17.0 Å². The summed E-state index contributed by atoms with van der Waals surface area (Å²) in [5.41, 5.74) is 0.360. The van der Waals surface area contributed by atoms with Gasteiger partial charge in [0.1, 0.15) is 11.3 Å². The number of hydrazone groups is 1. The Hall–Kier alpha value is -4.14. The third kappa shape index (κ3) is 3.47. The van der Waals surface area contributed by atoms with Crippen LogP contribution in [0.25, 0.3) is 5.69 Å². The summed E-state index contributed by atoms with van der Waals surface area (Å²) >= 11 is 0. The second-order valence-corrected chi connectivity index (χ2v) is 7.45. The van der Waals surface area contributed by atoms with E-state index in [-0.39, 0.29) is 23.6 Å². The average Bonchev–Trinajstić information content (AvgIpc) is 3.19. The van der Waals surface area contributed by atoms with E-state index < -0.39 is 23.2 Å². The van der Waals surface area contributed by atoms with Crippen molar-refractivity contribution in [1.82, 2.24) is 14.6 Å². The van der Waals surface area contributed by atoms with E-state index in [1.54, 1.807) is 37.3 Å². The van der Waals surface area contributed by atoms with Crippen LogP contribution in [0.2, 0.25) is 0 Å². The topological polar surface area (TPSA) is 117 Å². The minimum absolute atomic E-state index is 0.155. The van der Waals surface area contributed by atoms with Crippen molar-refractivity contribution in [2.45, 2.75) is 26.3 Å². The van der Waals surface area contributed by atoms with Crippen LogP contribution in [0.1, 0.15) is 36.1 Å². The predicted molar refractivity (Wildman–Crippen MR) is 118 cm³/mol. The maximum atomic E-state index is 12.7. The molecule has 1 atom stereocenters. The van der Waals surface area contributed by atoms with Crippen LogP contribution in [-0.2, 0) is 4.79 Å². The number of aromatic amines is 1. The number of hydrogen-bond donors (Lipinski definition) is 2. The van der Waals surface area contributed by atoms with E-state index in [1.165, 1.54) is 19.0 Å². The Kier molecular flexibility index (Phi) is 5.40. The fourth-order valence-electron chi connectivity index (χ4n) is 3.96. The molecule has 1 amide bonds. The number of hydrogen-bond acceptors (Lipinski definition) is 6. The molecule has 4 rings (SSSR count). The number of rotatable bonds is 4. The average molecular weight is 434 g/mol. The van der Waals surface area contributed by atoms with Gasteiger partial charge in [-0.1, -0.05) is 36.4 Å². The zero-order valence-electron chi connectivity index (χ0n) is 17.8. The Labute approximate surface area is 183 Å². The molecular formula is C23H22N4O5. The number of aryl methyl sites for hydroxylation is 1. The summed E-state index contributed by atoms with van der Waals surface area (Å²) in [6, 6.07) is 13.7. The predicted octanol–water partition coefficient (Wildman–Crippen LogP) is 2.25. The van der Waals surface area contributed by atoms with Gasteiger partial charge in [0.05, 0.1) is 24.6 Å². The molecule has 32 heavy (non-hydrogen) atoms. The zero-order valence-corrected chi connectivity index (χ0v) is 17.8. The number of aromatic hydroxyl groups is 1. The molecule has 164 valence electrons. The molecule has 0 radical (unpaired) electrons. The highest BCUT2D eigenvalue weighted by molar-refractivity contribution is 6.04. The van der Waals surface area contributed by atoms with Crippen LogP contribution >= 0.6 is 0 Å². The molecular weight excluding hydrogens is 412 g/mol. The third-order valence-electron chi connectivity index (χ3n) is 5.46. The fourth-order valence-corrected chi connectivity index (χ4v) is 3.96. The molecule has 1 aromatic heterocycles. The van der Waals surface area contributed by atoms with Crippen molar-refractivity contribution < 1.29 is 14.6 Å². The van der Waals surface area contributed by atoms with Gasteiger partial charge < -0.3 is 9.84 Å². The second-order valence-electron chi connectivity index (χ2n) is 7.45. The molecule has 9 heteroatoms. The van der Waals surface area contributed by atoms with Crippen molar-refractivity contribution in [3.8, 4) is 17.3 Å². The molecule has 1 unspecified atom stereocenters. The lowest BCUT2D eigenvalue weighted by Crippen LogP contribution is -2.33. The standard InChI is InChI=1S/C23H22N4O5/c1-13-8-4-6-10-17(13)26-22(30)20(21(29)24-23(26)31)16-12-18(27(25-16)14(2)28)15-9-5-7-11-19(15)32-3/h4-11,18,30H,12H2,1-3H3,(H,24,29,31). The highest BCUT2D eigenvalue weighted by atomic mass is 16.5. The molecule has 0 fully saturated rings. The number of benzene rings is 2. The van der Waals surface area contributed by atoms with E-state index in [1.807, 2.05) is 18.2 Å². The lowest BCUT2D eigenvalue weighted by molar-refractivity contribution is -0.130. The summed E-state index contributed by atoms with van der Waals surface area (Å²) in [7, 11) is 1.53. The molecule has 9 nitrogen and oxygen atoms in total. The number of carbonyl (C=O) groups is 1. The Bertz CT molecular complexity index is 1350. The fraction of sp³-hybridized carbons (Fsp3) is 0.217. The molecule has 1 aliphatic heterocycles. The van der Waals surface area contributed by atoms with Crippen molar-refractivity contribution in [3.05, 3.63) is 86.1 Å². The minimum atomic E-state index is -0.778. The van der Waals surface area contributed by atoms with Crippen LogP contribution in [0.5, 0.6) is 11.6 Å². The first-order chi connectivity index (χ1) is 15.3. The van der Waals surface area contributed by atoms with Crippen LogP contribution in [0.15, 0.2) is 63.2 Å². The van der Waals surface area contributed by atoms with Crippen molar-refractivity contribution in [2.75, 3.05) is 7.11 Å². The van der Waals surface area contributed by atoms with Crippen LogP contribution in [0.3, 0.4) is 0 Å². The second kappa shape index (κ2) is 8.18. The van der Waals surface area contributed by atoms with Gasteiger partial charge in [0.2, 0.25) is 11.8 Å². The number of methoxy groups -OCH3 is 1. The van der Waals surface area contributed by atoms with Gasteiger partial charge in [-0.25, -0.2) is 14.4 Å². The summed E-state index contributed by atoms with van der Waals surface area (Å²) in [5.74, 6) is -0.293. The molecule has 0 saturated carbocycles. The number of amides is 1. The van der Waals surface area contributed by atoms with Crippen molar-refractivity contribution in [3.63, 3.8) is 0 Å². The summed E-state index contributed by atoms with van der Waals surface area (Å²) in [6.45, 7) is 3.15. The largest absolute Gasteiger partial charge is 0.496 e. The number of nitrogens with one attached hydrogen (secondary N) is 1. The monoisotopic (exact) mass is 434 g/mol. The first kappa shape index (κ1) is 21.1. The van der Waals surface area contributed by atoms with Gasteiger partial charge in [-0.3, -0.25) is 14.6 Å². The van der Waals surface area contributed by atoms with Crippen LogP contribution in [-0.4, -0.2) is 38.4 Å². The Balaban J connectivity index is 1.87. The van der Waals surface area contributed by atoms with Gasteiger partial charge in [-0.05, 0) is 24.6 Å². The Morgan fingerprint density at radius 3 is 2.53 bits per heavy atom. The summed E-state index contributed by atoms with van der Waals surface area (Å²) in [5, 5.41) is 16.6. The summed E-state index contributed by atoms with van der Waals surface area (Å²) < 4.78 is 6.46. The quantitative estimate of drug-likeness (QED) is 0.653. The molecule has 2 N–H and O–H groups in total. The van der Waals surface area contributed by atoms with Gasteiger partial charge in [0, 0.05) is 18.9 Å². The first-order valence-corrected chi connectivity index (χ1v) is 9.98. The molecule has 0 aliphatic carbocycles. The number of aromatic nitrogens is 2. The number of H-pyrrole nitrogens is 1. The van der Waals surface area contributed by atoms with E-state index in [4.69, 9.17) is 4.74 Å². The van der Waals surface area contributed by atoms with Crippen LogP contribution < -0.4 is 16.0 Å². The minimum Gasteiger partial charge on any atom is -0.496 e. The zero-order chi connectivity index (χ0) is 23.0. The van der Waals surface area contributed by atoms with Gasteiger partial charge >= 0.3 is 5.69 Å². The number of ether oxygens (including phenoxy) is 1. The maximum absolute atomic E-state index is 12.7. The highest BCUT2D eigenvalue weighted by Crippen LogP contribution is 2.38. The lowest BCUT2D eigenvalue weighted by Gasteiger charge is -2.22. The Morgan fingerprint density at radius 2 is 1.84 bits per heavy atom. The van der Waals surface area contributed by atoms with Crippen LogP contribution in [0, 0.1) is 6.92 Å². The molecule has 3 aromatic rings. The number of carbonyl (C=O) groups excluding carboxylic acids is 1. The normalized spacial score (nSPS) is 15.5. The Morgan fingerprint density at radius 1 is 1.16 bits per heavy atom. The molecule has 0 saturated heterocycles. The summed E-state index contributed by atoms with van der Waals surface area (Å²) in [6.07, 6.45) is 0.155. The third-order valence-corrected chi connectivity index (χ3v) is 5.46. The van der Waals surface area contributed by atoms with E-state index in [9.17, 15) is 19.5 Å². The van der Waals surface area contributed by atoms with Crippen molar-refractivity contribution >= 4 is 11.6 Å².